The van der Waals surface area contributed by atoms with Gasteiger partial charge in [-0.15, -0.1) is 0 Å². The summed E-state index contributed by atoms with van der Waals surface area (Å²) in [4.78, 5) is 12.2. The van der Waals surface area contributed by atoms with E-state index < -0.39 is 0 Å². The molecule has 3 nitrogen and oxygen atoms in total. The van der Waals surface area contributed by atoms with E-state index in [1.54, 1.807) is 0 Å². The van der Waals surface area contributed by atoms with Crippen molar-refractivity contribution in [2.45, 2.75) is 33.1 Å². The molecule has 0 aromatic heterocycles. The molecular formula is C15H22N2O. The lowest BCUT2D eigenvalue weighted by atomic mass is 10.0. The minimum atomic E-state index is 0.0412. The van der Waals surface area contributed by atoms with E-state index in [1.807, 2.05) is 32.0 Å². The maximum absolute atomic E-state index is 12.2. The maximum atomic E-state index is 12.2. The summed E-state index contributed by atoms with van der Waals surface area (Å²) in [7, 11) is 0. The van der Waals surface area contributed by atoms with E-state index in [1.165, 1.54) is 12.8 Å². The number of hydrogen-bond acceptors (Lipinski definition) is 2. The molecule has 0 spiro atoms. The number of rotatable bonds is 5. The summed E-state index contributed by atoms with van der Waals surface area (Å²) in [5.41, 5.74) is 8.84. The zero-order valence-electron chi connectivity index (χ0n) is 11.3. The molecular weight excluding hydrogens is 224 g/mol. The Hall–Kier alpha value is -1.35. The molecule has 0 saturated heterocycles. The second-order valence-electron chi connectivity index (χ2n) is 5.54. The standard InChI is InChI=1S/C15H22N2O/c1-11-3-4-12(2)13(9-11)14(18)17-10-15(5-6-15)7-8-16/h3-4,9H,5-8,10,16H2,1-2H3,(H,17,18). The molecule has 0 aliphatic heterocycles. The number of carbonyl (C=O) groups is 1. The highest BCUT2D eigenvalue weighted by atomic mass is 16.1. The van der Waals surface area contributed by atoms with Crippen molar-refractivity contribution in [3.63, 3.8) is 0 Å². The smallest absolute Gasteiger partial charge is 0.251 e. The van der Waals surface area contributed by atoms with E-state index >= 15 is 0 Å². The van der Waals surface area contributed by atoms with Gasteiger partial charge in [0.2, 0.25) is 0 Å². The Morgan fingerprint density at radius 3 is 2.72 bits per heavy atom. The minimum absolute atomic E-state index is 0.0412. The predicted molar refractivity (Wildman–Crippen MR) is 73.6 cm³/mol. The highest BCUT2D eigenvalue weighted by molar-refractivity contribution is 5.95. The van der Waals surface area contributed by atoms with Gasteiger partial charge in [-0.05, 0) is 56.7 Å². The van der Waals surface area contributed by atoms with Crippen LogP contribution >= 0.6 is 0 Å². The van der Waals surface area contributed by atoms with Gasteiger partial charge in [0.1, 0.15) is 0 Å². The van der Waals surface area contributed by atoms with Crippen LogP contribution in [0.5, 0.6) is 0 Å². The zero-order chi connectivity index (χ0) is 13.2. The fourth-order valence-electron chi connectivity index (χ4n) is 2.34. The molecule has 3 heteroatoms. The molecule has 1 aliphatic carbocycles. The van der Waals surface area contributed by atoms with Crippen molar-refractivity contribution in [2.75, 3.05) is 13.1 Å². The van der Waals surface area contributed by atoms with Gasteiger partial charge in [0.05, 0.1) is 0 Å². The fraction of sp³-hybridized carbons (Fsp3) is 0.533. The number of hydrogen-bond donors (Lipinski definition) is 2. The molecule has 3 N–H and O–H groups in total. The average molecular weight is 246 g/mol. The van der Waals surface area contributed by atoms with Crippen LogP contribution in [0.15, 0.2) is 18.2 Å². The average Bonchev–Trinajstić information content (AvgIpc) is 3.10. The van der Waals surface area contributed by atoms with Crippen molar-refractivity contribution >= 4 is 5.91 Å². The van der Waals surface area contributed by atoms with Crippen LogP contribution in [0.4, 0.5) is 0 Å². The molecule has 1 aromatic rings. The molecule has 0 bridgehead atoms. The van der Waals surface area contributed by atoms with Gasteiger partial charge in [0.25, 0.3) is 5.91 Å². The first-order valence-corrected chi connectivity index (χ1v) is 6.62. The van der Waals surface area contributed by atoms with Gasteiger partial charge in [0.15, 0.2) is 0 Å². The van der Waals surface area contributed by atoms with Crippen molar-refractivity contribution in [1.29, 1.82) is 0 Å². The summed E-state index contributed by atoms with van der Waals surface area (Å²) in [5.74, 6) is 0.0412. The van der Waals surface area contributed by atoms with Crippen LogP contribution in [0.25, 0.3) is 0 Å². The van der Waals surface area contributed by atoms with E-state index in [-0.39, 0.29) is 5.91 Å². The maximum Gasteiger partial charge on any atom is 0.251 e. The molecule has 1 fully saturated rings. The SMILES string of the molecule is Cc1ccc(C)c(C(=O)NCC2(CCN)CC2)c1. The molecule has 0 radical (unpaired) electrons. The van der Waals surface area contributed by atoms with E-state index in [0.717, 1.165) is 29.7 Å². The lowest BCUT2D eigenvalue weighted by Gasteiger charge is -2.15. The third kappa shape index (κ3) is 2.91. The predicted octanol–water partition coefficient (Wildman–Crippen LogP) is 2.16. The second kappa shape index (κ2) is 5.11. The monoisotopic (exact) mass is 246 g/mol. The Bertz CT molecular complexity index is 450. The molecule has 1 aliphatic rings. The summed E-state index contributed by atoms with van der Waals surface area (Å²) in [5, 5.41) is 3.06. The molecule has 0 unspecified atom stereocenters. The molecule has 1 amide bonds. The fourth-order valence-corrected chi connectivity index (χ4v) is 2.34. The first-order valence-electron chi connectivity index (χ1n) is 6.62. The molecule has 0 atom stereocenters. The third-order valence-corrected chi connectivity index (χ3v) is 3.89. The largest absolute Gasteiger partial charge is 0.351 e. The van der Waals surface area contributed by atoms with E-state index in [9.17, 15) is 4.79 Å². The molecule has 2 rings (SSSR count). The van der Waals surface area contributed by atoms with Gasteiger partial charge in [-0.1, -0.05) is 17.7 Å². The quantitative estimate of drug-likeness (QED) is 0.836. The van der Waals surface area contributed by atoms with E-state index in [2.05, 4.69) is 5.32 Å². The van der Waals surface area contributed by atoms with Crippen LogP contribution in [-0.2, 0) is 0 Å². The van der Waals surface area contributed by atoms with Crippen molar-refractivity contribution < 1.29 is 4.79 Å². The Balaban J connectivity index is 1.98. The van der Waals surface area contributed by atoms with Crippen LogP contribution < -0.4 is 11.1 Å². The second-order valence-corrected chi connectivity index (χ2v) is 5.54. The lowest BCUT2D eigenvalue weighted by molar-refractivity contribution is 0.0943. The molecule has 18 heavy (non-hydrogen) atoms. The van der Waals surface area contributed by atoms with Crippen LogP contribution in [0.2, 0.25) is 0 Å². The van der Waals surface area contributed by atoms with Crippen LogP contribution in [0.1, 0.15) is 40.7 Å². The van der Waals surface area contributed by atoms with Gasteiger partial charge < -0.3 is 11.1 Å². The number of carbonyl (C=O) groups excluding carboxylic acids is 1. The lowest BCUT2D eigenvalue weighted by Crippen LogP contribution is -2.31. The van der Waals surface area contributed by atoms with Crippen LogP contribution in [0, 0.1) is 19.3 Å². The van der Waals surface area contributed by atoms with Gasteiger partial charge >= 0.3 is 0 Å². The minimum Gasteiger partial charge on any atom is -0.351 e. The normalized spacial score (nSPS) is 16.4. The van der Waals surface area contributed by atoms with Gasteiger partial charge in [-0.25, -0.2) is 0 Å². The Morgan fingerprint density at radius 2 is 2.11 bits per heavy atom. The number of benzene rings is 1. The summed E-state index contributed by atoms with van der Waals surface area (Å²) < 4.78 is 0. The van der Waals surface area contributed by atoms with Crippen molar-refractivity contribution in [3.8, 4) is 0 Å². The molecule has 0 heterocycles. The van der Waals surface area contributed by atoms with E-state index in [0.29, 0.717) is 12.0 Å². The number of nitrogens with one attached hydrogen (secondary N) is 1. The van der Waals surface area contributed by atoms with Crippen LogP contribution in [-0.4, -0.2) is 19.0 Å². The highest BCUT2D eigenvalue weighted by Gasteiger charge is 2.41. The molecule has 98 valence electrons. The van der Waals surface area contributed by atoms with Crippen molar-refractivity contribution in [1.82, 2.24) is 5.32 Å². The Morgan fingerprint density at radius 1 is 1.39 bits per heavy atom. The number of aryl methyl sites for hydroxylation is 2. The first-order chi connectivity index (χ1) is 8.56. The van der Waals surface area contributed by atoms with Gasteiger partial charge in [-0.2, -0.15) is 0 Å². The van der Waals surface area contributed by atoms with Gasteiger partial charge in [0, 0.05) is 12.1 Å². The summed E-state index contributed by atoms with van der Waals surface area (Å²) in [6.07, 6.45) is 3.40. The molecule has 1 aromatic carbocycles. The number of amides is 1. The summed E-state index contributed by atoms with van der Waals surface area (Å²) in [6.45, 7) is 5.45. The van der Waals surface area contributed by atoms with Crippen LogP contribution in [0.3, 0.4) is 0 Å². The van der Waals surface area contributed by atoms with E-state index in [4.69, 9.17) is 5.73 Å². The Labute approximate surface area is 109 Å². The van der Waals surface area contributed by atoms with Crippen molar-refractivity contribution in [3.05, 3.63) is 34.9 Å². The topological polar surface area (TPSA) is 55.1 Å². The molecule has 1 saturated carbocycles. The zero-order valence-corrected chi connectivity index (χ0v) is 11.3. The third-order valence-electron chi connectivity index (χ3n) is 3.89. The summed E-state index contributed by atoms with van der Waals surface area (Å²) >= 11 is 0. The summed E-state index contributed by atoms with van der Waals surface area (Å²) in [6, 6.07) is 5.98. The highest BCUT2D eigenvalue weighted by Crippen LogP contribution is 2.47. The van der Waals surface area contributed by atoms with Crippen molar-refractivity contribution in [2.24, 2.45) is 11.1 Å². The first kappa shape index (κ1) is 13.1. The number of nitrogens with two attached hydrogens (primary N) is 1. The van der Waals surface area contributed by atoms with Gasteiger partial charge in [-0.3, -0.25) is 4.79 Å². The Kier molecular flexibility index (Phi) is 3.71.